The summed E-state index contributed by atoms with van der Waals surface area (Å²) in [6, 6.07) is 25.7. The van der Waals surface area contributed by atoms with E-state index in [0.717, 1.165) is 16.0 Å². The summed E-state index contributed by atoms with van der Waals surface area (Å²) in [5.74, 6) is 0.256. The number of ether oxygens (including phenoxy) is 2. The van der Waals surface area contributed by atoms with Gasteiger partial charge in [0.25, 0.3) is 11.8 Å². The van der Waals surface area contributed by atoms with Crippen molar-refractivity contribution >= 4 is 35.3 Å². The van der Waals surface area contributed by atoms with Gasteiger partial charge in [0.2, 0.25) is 0 Å². The maximum atomic E-state index is 13.0. The first kappa shape index (κ1) is 29.2. The number of imide groups is 1. The number of urea groups is 1. The average Bonchev–Trinajstić information content (AvgIpc) is 3.01. The van der Waals surface area contributed by atoms with Crippen molar-refractivity contribution < 1.29 is 23.9 Å². The molecular weight excluding hydrogens is 540 g/mol. The third-order valence-corrected chi connectivity index (χ3v) is 7.08. The summed E-state index contributed by atoms with van der Waals surface area (Å²) in [6.07, 6.45) is 0. The molecular formula is C31H30N4O5S. The molecule has 0 saturated heterocycles. The molecule has 0 atom stereocenters. The summed E-state index contributed by atoms with van der Waals surface area (Å²) in [5.41, 5.74) is 8.63. The van der Waals surface area contributed by atoms with Gasteiger partial charge in [-0.15, -0.1) is 0 Å². The lowest BCUT2D eigenvalue weighted by Crippen LogP contribution is -2.34. The Kier molecular flexibility index (Phi) is 9.98. The number of hydrogen-bond donors (Lipinski definition) is 4. The predicted molar refractivity (Wildman–Crippen MR) is 159 cm³/mol. The van der Waals surface area contributed by atoms with Crippen molar-refractivity contribution in [3.63, 3.8) is 0 Å². The van der Waals surface area contributed by atoms with E-state index in [1.54, 1.807) is 68.8 Å². The van der Waals surface area contributed by atoms with Crippen LogP contribution in [0, 0.1) is 0 Å². The number of methoxy groups -OCH3 is 2. The molecule has 0 unspecified atom stereocenters. The summed E-state index contributed by atoms with van der Waals surface area (Å²) >= 11 is 1.35. The highest BCUT2D eigenvalue weighted by Gasteiger charge is 2.16. The minimum atomic E-state index is -0.732. The molecule has 0 saturated carbocycles. The van der Waals surface area contributed by atoms with E-state index in [1.807, 2.05) is 36.4 Å². The Labute approximate surface area is 242 Å². The molecule has 5 N–H and O–H groups in total. The van der Waals surface area contributed by atoms with E-state index in [-0.39, 0.29) is 5.91 Å². The van der Waals surface area contributed by atoms with Gasteiger partial charge in [0, 0.05) is 34.0 Å². The minimum absolute atomic E-state index is 0.309. The number of amides is 4. The fraction of sp³-hybridized carbons (Fsp3) is 0.129. The second-order valence-electron chi connectivity index (χ2n) is 8.81. The zero-order valence-electron chi connectivity index (χ0n) is 22.6. The molecule has 210 valence electrons. The lowest BCUT2D eigenvalue weighted by molar-refractivity contribution is 0.0946. The molecule has 0 spiro atoms. The number of nitrogens with two attached hydrogens (primary N) is 1. The largest absolute Gasteiger partial charge is 0.493 e. The third-order valence-electron chi connectivity index (χ3n) is 6.02. The molecule has 10 heteroatoms. The number of carbonyl (C=O) groups excluding carboxylic acids is 3. The van der Waals surface area contributed by atoms with Gasteiger partial charge >= 0.3 is 6.03 Å². The van der Waals surface area contributed by atoms with Gasteiger partial charge in [-0.2, -0.15) is 0 Å². The minimum Gasteiger partial charge on any atom is -0.493 e. The van der Waals surface area contributed by atoms with Crippen LogP contribution in [-0.2, 0) is 13.1 Å². The van der Waals surface area contributed by atoms with Crippen LogP contribution < -0.4 is 31.2 Å². The van der Waals surface area contributed by atoms with Crippen molar-refractivity contribution in [1.29, 1.82) is 0 Å². The summed E-state index contributed by atoms with van der Waals surface area (Å²) in [7, 11) is 3.10. The van der Waals surface area contributed by atoms with Gasteiger partial charge in [0.1, 0.15) is 0 Å². The van der Waals surface area contributed by atoms with Crippen LogP contribution in [0.1, 0.15) is 31.8 Å². The van der Waals surface area contributed by atoms with Crippen LogP contribution in [0.2, 0.25) is 0 Å². The number of carbonyl (C=O) groups is 3. The fourth-order valence-corrected chi connectivity index (χ4v) is 4.85. The van der Waals surface area contributed by atoms with E-state index < -0.39 is 11.9 Å². The Hall–Kier alpha value is -4.80. The van der Waals surface area contributed by atoms with Gasteiger partial charge in [-0.3, -0.25) is 14.9 Å². The number of rotatable bonds is 10. The molecule has 4 aromatic carbocycles. The van der Waals surface area contributed by atoms with Crippen LogP contribution in [0.3, 0.4) is 0 Å². The SMILES string of the molecule is COc1ccc(Sc2ccc(C(=O)NCc3cccc(CN)c3)cc2NC(=O)NC(=O)c2ccccc2)cc1OC. The molecule has 4 amide bonds. The van der Waals surface area contributed by atoms with Crippen LogP contribution in [0.4, 0.5) is 10.5 Å². The quantitative estimate of drug-likeness (QED) is 0.206. The zero-order chi connectivity index (χ0) is 29.2. The Bertz CT molecular complexity index is 1550. The van der Waals surface area contributed by atoms with Crippen molar-refractivity contribution in [3.8, 4) is 11.5 Å². The Balaban J connectivity index is 1.56. The Morgan fingerprint density at radius 3 is 2.24 bits per heavy atom. The van der Waals surface area contributed by atoms with Gasteiger partial charge in [0.15, 0.2) is 11.5 Å². The molecule has 0 aliphatic carbocycles. The molecule has 41 heavy (non-hydrogen) atoms. The number of benzene rings is 4. The zero-order valence-corrected chi connectivity index (χ0v) is 23.4. The molecule has 4 rings (SSSR count). The van der Waals surface area contributed by atoms with Crippen molar-refractivity contribution in [2.45, 2.75) is 22.9 Å². The first-order chi connectivity index (χ1) is 19.9. The molecule has 0 heterocycles. The van der Waals surface area contributed by atoms with Crippen molar-refractivity contribution in [1.82, 2.24) is 10.6 Å². The molecule has 0 aliphatic heterocycles. The molecule has 0 bridgehead atoms. The van der Waals surface area contributed by atoms with E-state index in [9.17, 15) is 14.4 Å². The standard InChI is InChI=1S/C31H30N4O5S/c1-39-26-13-12-24(17-27(26)40-2)41-28-14-11-23(29(36)33-19-21-8-6-7-20(15-21)18-32)16-25(28)34-31(38)35-30(37)22-9-4-3-5-10-22/h3-17H,18-19,32H2,1-2H3,(H,33,36)(H2,34,35,37,38). The van der Waals surface area contributed by atoms with E-state index >= 15 is 0 Å². The predicted octanol–water partition coefficient (Wildman–Crippen LogP) is 5.21. The Morgan fingerprint density at radius 2 is 1.51 bits per heavy atom. The summed E-state index contributed by atoms with van der Waals surface area (Å²) in [4.78, 5) is 39.9. The van der Waals surface area contributed by atoms with Crippen LogP contribution in [0.5, 0.6) is 11.5 Å². The van der Waals surface area contributed by atoms with E-state index in [4.69, 9.17) is 15.2 Å². The van der Waals surface area contributed by atoms with E-state index in [0.29, 0.717) is 46.3 Å². The van der Waals surface area contributed by atoms with Gasteiger partial charge in [-0.25, -0.2) is 4.79 Å². The monoisotopic (exact) mass is 570 g/mol. The number of nitrogens with one attached hydrogen (secondary N) is 3. The van der Waals surface area contributed by atoms with Crippen molar-refractivity contribution in [3.05, 3.63) is 113 Å². The van der Waals surface area contributed by atoms with Crippen LogP contribution in [0.25, 0.3) is 0 Å². The lowest BCUT2D eigenvalue weighted by Gasteiger charge is -2.15. The van der Waals surface area contributed by atoms with Gasteiger partial charge in [-0.1, -0.05) is 54.2 Å². The topological polar surface area (TPSA) is 132 Å². The lowest BCUT2D eigenvalue weighted by atomic mass is 10.1. The molecule has 4 aromatic rings. The maximum Gasteiger partial charge on any atom is 0.326 e. The average molecular weight is 571 g/mol. The normalized spacial score (nSPS) is 10.4. The van der Waals surface area contributed by atoms with E-state index in [2.05, 4.69) is 16.0 Å². The highest BCUT2D eigenvalue weighted by atomic mass is 32.2. The molecule has 0 radical (unpaired) electrons. The molecule has 0 aliphatic rings. The number of anilines is 1. The van der Waals surface area contributed by atoms with E-state index in [1.165, 1.54) is 11.8 Å². The highest BCUT2D eigenvalue weighted by Crippen LogP contribution is 2.38. The fourth-order valence-electron chi connectivity index (χ4n) is 3.93. The van der Waals surface area contributed by atoms with Crippen molar-refractivity contribution in [2.75, 3.05) is 19.5 Å². The van der Waals surface area contributed by atoms with Crippen LogP contribution >= 0.6 is 11.8 Å². The summed E-state index contributed by atoms with van der Waals surface area (Å²) < 4.78 is 10.7. The molecule has 0 aromatic heterocycles. The van der Waals surface area contributed by atoms with Crippen LogP contribution in [-0.4, -0.2) is 32.1 Å². The first-order valence-electron chi connectivity index (χ1n) is 12.7. The summed E-state index contributed by atoms with van der Waals surface area (Å²) in [6.45, 7) is 0.717. The summed E-state index contributed by atoms with van der Waals surface area (Å²) in [5, 5.41) is 7.95. The van der Waals surface area contributed by atoms with Gasteiger partial charge in [0.05, 0.1) is 19.9 Å². The molecule has 0 fully saturated rings. The smallest absolute Gasteiger partial charge is 0.326 e. The maximum absolute atomic E-state index is 13.0. The van der Waals surface area contributed by atoms with Crippen molar-refractivity contribution in [2.24, 2.45) is 5.73 Å². The van der Waals surface area contributed by atoms with Crippen LogP contribution in [0.15, 0.2) is 101 Å². The first-order valence-corrected chi connectivity index (χ1v) is 13.5. The second-order valence-corrected chi connectivity index (χ2v) is 9.93. The second kappa shape index (κ2) is 14.0. The molecule has 9 nitrogen and oxygen atoms in total. The Morgan fingerprint density at radius 1 is 0.756 bits per heavy atom. The van der Waals surface area contributed by atoms with Gasteiger partial charge < -0.3 is 25.8 Å². The third kappa shape index (κ3) is 7.87. The number of hydrogen-bond acceptors (Lipinski definition) is 7. The highest BCUT2D eigenvalue weighted by molar-refractivity contribution is 7.99. The van der Waals surface area contributed by atoms with Gasteiger partial charge in [-0.05, 0) is 59.7 Å².